The van der Waals surface area contributed by atoms with Gasteiger partial charge in [0.25, 0.3) is 5.56 Å². The third-order valence-electron chi connectivity index (χ3n) is 5.23. The first kappa shape index (κ1) is 23.6. The lowest BCUT2D eigenvalue weighted by Crippen LogP contribution is -2.25. The van der Waals surface area contributed by atoms with Crippen molar-refractivity contribution in [3.8, 4) is 17.2 Å². The summed E-state index contributed by atoms with van der Waals surface area (Å²) >= 11 is 7.21. The quantitative estimate of drug-likeness (QED) is 0.289. The fourth-order valence-electron chi connectivity index (χ4n) is 3.62. The average Bonchev–Trinajstić information content (AvgIpc) is 3.50. The number of rotatable bonds is 6. The van der Waals surface area contributed by atoms with Gasteiger partial charge < -0.3 is 19.5 Å². The Morgan fingerprint density at radius 3 is 2.86 bits per heavy atom. The largest absolute Gasteiger partial charge is 0.461 e. The summed E-state index contributed by atoms with van der Waals surface area (Å²) < 4.78 is 16.9. The summed E-state index contributed by atoms with van der Waals surface area (Å²) in [4.78, 5) is 38.8. The number of fused-ring (bicyclic) bond motifs is 2. The molecule has 9 nitrogen and oxygen atoms in total. The van der Waals surface area contributed by atoms with E-state index in [0.29, 0.717) is 22.2 Å². The second-order valence-electron chi connectivity index (χ2n) is 7.55. The molecule has 2 aromatic carbocycles. The van der Waals surface area contributed by atoms with Gasteiger partial charge in [-0.1, -0.05) is 23.7 Å². The zero-order valence-corrected chi connectivity index (χ0v) is 20.4. The molecule has 182 valence electrons. The maximum absolute atomic E-state index is 13.4. The Morgan fingerprint density at radius 1 is 1.22 bits per heavy atom. The molecule has 0 radical (unpaired) electrons. The predicted octanol–water partition coefficient (Wildman–Crippen LogP) is 4.66. The van der Waals surface area contributed by atoms with Crippen LogP contribution >= 0.6 is 22.9 Å². The zero-order valence-electron chi connectivity index (χ0n) is 18.8. The lowest BCUT2D eigenvalue weighted by Gasteiger charge is -2.10. The molecule has 0 bridgehead atoms. The van der Waals surface area contributed by atoms with Crippen LogP contribution in [-0.2, 0) is 9.53 Å². The smallest absolute Gasteiger partial charge is 0.359 e. The number of nitrogens with zero attached hydrogens (tertiary/aromatic N) is 2. The highest BCUT2D eigenvalue weighted by Gasteiger charge is 2.23. The van der Waals surface area contributed by atoms with Crippen molar-refractivity contribution in [2.75, 3.05) is 18.7 Å². The molecule has 4 aromatic rings. The van der Waals surface area contributed by atoms with Gasteiger partial charge in [0.1, 0.15) is 5.00 Å². The van der Waals surface area contributed by atoms with Crippen LogP contribution in [0.4, 0.5) is 5.00 Å². The molecule has 1 amide bonds. The number of esters is 1. The van der Waals surface area contributed by atoms with E-state index >= 15 is 0 Å². The highest BCUT2D eigenvalue weighted by atomic mass is 35.5. The maximum Gasteiger partial charge on any atom is 0.359 e. The van der Waals surface area contributed by atoms with E-state index in [1.54, 1.807) is 60.8 Å². The van der Waals surface area contributed by atoms with Gasteiger partial charge in [-0.25, -0.2) is 4.79 Å². The molecule has 0 atom stereocenters. The third-order valence-corrected chi connectivity index (χ3v) is 6.36. The van der Waals surface area contributed by atoms with Crippen molar-refractivity contribution in [3.05, 3.63) is 80.6 Å². The first-order chi connectivity index (χ1) is 17.4. The van der Waals surface area contributed by atoms with Crippen LogP contribution in [-0.4, -0.2) is 35.1 Å². The van der Waals surface area contributed by atoms with Crippen molar-refractivity contribution in [2.24, 2.45) is 0 Å². The van der Waals surface area contributed by atoms with E-state index in [1.807, 2.05) is 0 Å². The van der Waals surface area contributed by atoms with Crippen LogP contribution in [0.25, 0.3) is 22.5 Å². The van der Waals surface area contributed by atoms with E-state index in [0.717, 1.165) is 21.6 Å². The van der Waals surface area contributed by atoms with Crippen LogP contribution in [0.1, 0.15) is 23.0 Å². The molecule has 0 unspecified atom stereocenters. The van der Waals surface area contributed by atoms with Crippen LogP contribution in [0.5, 0.6) is 11.5 Å². The topological polar surface area (TPSA) is 109 Å². The van der Waals surface area contributed by atoms with E-state index < -0.39 is 17.4 Å². The van der Waals surface area contributed by atoms with Crippen molar-refractivity contribution >= 4 is 56.7 Å². The van der Waals surface area contributed by atoms with E-state index in [-0.39, 0.29) is 34.9 Å². The van der Waals surface area contributed by atoms with Gasteiger partial charge in [-0.15, -0.1) is 11.3 Å². The standard InChI is InChI=1S/C25H18ClN3O6S/c1-2-33-25(32)22-17-12-36-23(21(17)24(31)29(28-22)16-5-3-4-15(26)11-16)27-20(30)9-7-14-6-8-18-19(10-14)35-13-34-18/h3-12H,2,13H2,1H3,(H,27,30)/b9-7+. The molecule has 3 heterocycles. The first-order valence-electron chi connectivity index (χ1n) is 10.8. The number of halogens is 1. The Kier molecular flexibility index (Phi) is 6.45. The van der Waals surface area contributed by atoms with Crippen molar-refractivity contribution in [2.45, 2.75) is 6.92 Å². The summed E-state index contributed by atoms with van der Waals surface area (Å²) in [5.41, 5.74) is 0.546. The highest BCUT2D eigenvalue weighted by Crippen LogP contribution is 2.33. The predicted molar refractivity (Wildman–Crippen MR) is 136 cm³/mol. The van der Waals surface area contributed by atoms with E-state index in [1.165, 1.54) is 6.08 Å². The summed E-state index contributed by atoms with van der Waals surface area (Å²) in [7, 11) is 0. The van der Waals surface area contributed by atoms with Crippen LogP contribution in [0.15, 0.2) is 58.7 Å². The van der Waals surface area contributed by atoms with Gasteiger partial charge in [-0.2, -0.15) is 9.78 Å². The molecule has 1 aliphatic rings. The van der Waals surface area contributed by atoms with Gasteiger partial charge in [0.2, 0.25) is 12.7 Å². The van der Waals surface area contributed by atoms with Crippen molar-refractivity contribution in [1.29, 1.82) is 0 Å². The van der Waals surface area contributed by atoms with Crippen LogP contribution in [0, 0.1) is 0 Å². The summed E-state index contributed by atoms with van der Waals surface area (Å²) in [5, 5.41) is 9.69. The Bertz CT molecular complexity index is 1590. The SMILES string of the molecule is CCOC(=O)c1nn(-c2cccc(Cl)c2)c(=O)c2c(NC(=O)/C=C/c3ccc4c(c3)OCO4)scc12. The molecule has 1 N–H and O–H groups in total. The number of amides is 1. The molecule has 0 spiro atoms. The fraction of sp³-hybridized carbons (Fsp3) is 0.120. The van der Waals surface area contributed by atoms with E-state index in [9.17, 15) is 14.4 Å². The molecule has 0 saturated heterocycles. The molecule has 0 fully saturated rings. The minimum Gasteiger partial charge on any atom is -0.461 e. The third kappa shape index (κ3) is 4.56. The minimum absolute atomic E-state index is 0.0425. The number of hydrogen-bond donors (Lipinski definition) is 1. The monoisotopic (exact) mass is 523 g/mol. The first-order valence-corrected chi connectivity index (χ1v) is 12.1. The molecular formula is C25H18ClN3O6S. The number of anilines is 1. The molecule has 2 aromatic heterocycles. The van der Waals surface area contributed by atoms with Crippen molar-refractivity contribution < 1.29 is 23.8 Å². The van der Waals surface area contributed by atoms with Crippen molar-refractivity contribution in [1.82, 2.24) is 9.78 Å². The highest BCUT2D eigenvalue weighted by molar-refractivity contribution is 7.16. The lowest BCUT2D eigenvalue weighted by molar-refractivity contribution is -0.111. The van der Waals surface area contributed by atoms with Gasteiger partial charge in [-0.05, 0) is 48.9 Å². The minimum atomic E-state index is -0.684. The summed E-state index contributed by atoms with van der Waals surface area (Å²) in [6.07, 6.45) is 2.95. The molecule has 1 aliphatic heterocycles. The van der Waals surface area contributed by atoms with Gasteiger partial charge in [-0.3, -0.25) is 9.59 Å². The normalized spacial score (nSPS) is 12.3. The molecule has 5 rings (SSSR count). The summed E-state index contributed by atoms with van der Waals surface area (Å²) in [6, 6.07) is 11.8. The maximum atomic E-state index is 13.4. The Labute approximate surface area is 213 Å². The van der Waals surface area contributed by atoms with Gasteiger partial charge in [0.15, 0.2) is 17.2 Å². The van der Waals surface area contributed by atoms with Gasteiger partial charge in [0.05, 0.1) is 17.7 Å². The number of carbonyl (C=O) groups is 2. The number of thiophene rings is 1. The van der Waals surface area contributed by atoms with Crippen molar-refractivity contribution in [3.63, 3.8) is 0 Å². The number of ether oxygens (including phenoxy) is 3. The summed E-state index contributed by atoms with van der Waals surface area (Å²) in [5.74, 6) is 0.0994. The molecular weight excluding hydrogens is 506 g/mol. The van der Waals surface area contributed by atoms with E-state index in [2.05, 4.69) is 10.4 Å². The Morgan fingerprint density at radius 2 is 2.06 bits per heavy atom. The zero-order chi connectivity index (χ0) is 25.2. The Hall–Kier alpha value is -4.15. The van der Waals surface area contributed by atoms with Crippen LogP contribution in [0.2, 0.25) is 5.02 Å². The van der Waals surface area contributed by atoms with Gasteiger partial charge >= 0.3 is 5.97 Å². The second-order valence-corrected chi connectivity index (χ2v) is 8.87. The van der Waals surface area contributed by atoms with Gasteiger partial charge in [0, 0.05) is 21.9 Å². The fourth-order valence-corrected chi connectivity index (χ4v) is 4.74. The average molecular weight is 524 g/mol. The number of benzene rings is 2. The van der Waals surface area contributed by atoms with E-state index in [4.69, 9.17) is 25.8 Å². The molecule has 36 heavy (non-hydrogen) atoms. The molecule has 11 heteroatoms. The lowest BCUT2D eigenvalue weighted by atomic mass is 10.2. The van der Waals surface area contributed by atoms with Crippen LogP contribution in [0.3, 0.4) is 0 Å². The number of hydrogen-bond acceptors (Lipinski definition) is 8. The number of nitrogens with one attached hydrogen (secondary N) is 1. The number of carbonyl (C=O) groups excluding carboxylic acids is 2. The Balaban J connectivity index is 1.52. The summed E-state index contributed by atoms with van der Waals surface area (Å²) in [6.45, 7) is 1.97. The molecule has 0 aliphatic carbocycles. The number of aromatic nitrogens is 2. The second kappa shape index (κ2) is 9.84. The molecule has 0 saturated carbocycles. The van der Waals surface area contributed by atoms with Crippen LogP contribution < -0.4 is 20.3 Å².